The predicted octanol–water partition coefficient (Wildman–Crippen LogP) is 0.607. The minimum atomic E-state index is 0.406. The van der Waals surface area contributed by atoms with Gasteiger partial charge in [0.05, 0.1) is 0 Å². The van der Waals surface area contributed by atoms with E-state index in [1.54, 1.807) is 0 Å². The number of fused-ring (bicyclic) bond motifs is 2. The van der Waals surface area contributed by atoms with Crippen LogP contribution in [0.3, 0.4) is 0 Å². The number of piperidine rings is 3. The second-order valence-electron chi connectivity index (χ2n) is 5.01. The van der Waals surface area contributed by atoms with Gasteiger partial charge in [-0.25, -0.2) is 0 Å². The summed E-state index contributed by atoms with van der Waals surface area (Å²) >= 11 is 0. The van der Waals surface area contributed by atoms with E-state index < -0.39 is 0 Å². The molecule has 1 saturated carbocycles. The molecule has 4 fully saturated rings. The van der Waals surface area contributed by atoms with E-state index in [2.05, 4.69) is 10.2 Å². The van der Waals surface area contributed by atoms with Crippen molar-refractivity contribution < 1.29 is 4.79 Å². The summed E-state index contributed by atoms with van der Waals surface area (Å²) in [5.74, 6) is 1.70. The molecule has 4 aliphatic rings. The summed E-state index contributed by atoms with van der Waals surface area (Å²) in [6.07, 6.45) is 4.68. The maximum absolute atomic E-state index is 12.0. The molecule has 3 aliphatic heterocycles. The lowest BCUT2D eigenvalue weighted by atomic mass is 9.70. The van der Waals surface area contributed by atoms with Crippen LogP contribution in [0.5, 0.6) is 0 Å². The molecule has 0 unspecified atom stereocenters. The molecule has 14 heavy (non-hydrogen) atoms. The molecule has 2 bridgehead atoms. The minimum absolute atomic E-state index is 0.406. The monoisotopic (exact) mass is 194 g/mol. The molecule has 0 spiro atoms. The smallest absolute Gasteiger partial charge is 0.225 e. The van der Waals surface area contributed by atoms with Gasteiger partial charge in [0.15, 0.2) is 0 Å². The molecular formula is C11H18N2O. The van der Waals surface area contributed by atoms with Crippen molar-refractivity contribution in [2.75, 3.05) is 19.6 Å². The highest BCUT2D eigenvalue weighted by atomic mass is 16.2. The standard InChI is InChI=1S/C11H18N2O/c14-11-9-5-8(6-9)7-13(11)10-1-3-12-4-2-10/h8-10,12H,1-7H2. The quantitative estimate of drug-likeness (QED) is 0.663. The first-order valence-corrected chi connectivity index (χ1v) is 5.86. The average Bonchev–Trinajstić information content (AvgIpc) is 2.17. The fourth-order valence-electron chi connectivity index (χ4n) is 3.14. The Morgan fingerprint density at radius 1 is 1.21 bits per heavy atom. The maximum Gasteiger partial charge on any atom is 0.225 e. The topological polar surface area (TPSA) is 32.3 Å². The van der Waals surface area contributed by atoms with E-state index >= 15 is 0 Å². The molecule has 1 aliphatic carbocycles. The average molecular weight is 194 g/mol. The Kier molecular flexibility index (Phi) is 2.01. The summed E-state index contributed by atoms with van der Waals surface area (Å²) in [5.41, 5.74) is 0. The third kappa shape index (κ3) is 1.26. The van der Waals surface area contributed by atoms with Gasteiger partial charge < -0.3 is 10.2 Å². The molecule has 3 saturated heterocycles. The molecular weight excluding hydrogens is 176 g/mol. The summed E-state index contributed by atoms with van der Waals surface area (Å²) in [6, 6.07) is 0.550. The summed E-state index contributed by atoms with van der Waals surface area (Å²) in [7, 11) is 0. The fraction of sp³-hybridized carbons (Fsp3) is 0.909. The molecule has 3 heterocycles. The predicted molar refractivity (Wildman–Crippen MR) is 53.8 cm³/mol. The van der Waals surface area contributed by atoms with E-state index in [-0.39, 0.29) is 0 Å². The molecule has 0 aromatic carbocycles. The molecule has 0 atom stereocenters. The Labute approximate surface area is 84.8 Å². The highest BCUT2D eigenvalue weighted by Crippen LogP contribution is 2.41. The number of hydrogen-bond acceptors (Lipinski definition) is 2. The molecule has 3 nitrogen and oxygen atoms in total. The van der Waals surface area contributed by atoms with Gasteiger partial charge in [-0.1, -0.05) is 0 Å². The van der Waals surface area contributed by atoms with Crippen molar-refractivity contribution >= 4 is 5.91 Å². The number of hydrogen-bond donors (Lipinski definition) is 1. The van der Waals surface area contributed by atoms with Crippen LogP contribution in [0.4, 0.5) is 0 Å². The highest BCUT2D eigenvalue weighted by molar-refractivity contribution is 5.81. The van der Waals surface area contributed by atoms with Gasteiger partial charge in [-0.3, -0.25) is 4.79 Å². The largest absolute Gasteiger partial charge is 0.339 e. The van der Waals surface area contributed by atoms with Crippen molar-refractivity contribution in [2.24, 2.45) is 11.8 Å². The minimum Gasteiger partial charge on any atom is -0.339 e. The van der Waals surface area contributed by atoms with Crippen LogP contribution in [-0.4, -0.2) is 36.5 Å². The summed E-state index contributed by atoms with van der Waals surface area (Å²) in [5, 5.41) is 3.35. The number of amides is 1. The second kappa shape index (κ2) is 3.23. The van der Waals surface area contributed by atoms with Crippen molar-refractivity contribution in [3.05, 3.63) is 0 Å². The van der Waals surface area contributed by atoms with Crippen LogP contribution < -0.4 is 5.32 Å². The van der Waals surface area contributed by atoms with E-state index in [0.717, 1.165) is 38.4 Å². The lowest BCUT2D eigenvalue weighted by molar-refractivity contribution is -0.153. The first-order chi connectivity index (χ1) is 6.84. The van der Waals surface area contributed by atoms with Gasteiger partial charge in [0, 0.05) is 18.5 Å². The maximum atomic E-state index is 12.0. The van der Waals surface area contributed by atoms with Gasteiger partial charge in [-0.05, 0) is 44.7 Å². The second-order valence-corrected chi connectivity index (χ2v) is 5.01. The zero-order valence-electron chi connectivity index (χ0n) is 8.54. The van der Waals surface area contributed by atoms with Crippen molar-refractivity contribution in [1.29, 1.82) is 0 Å². The van der Waals surface area contributed by atoms with E-state index in [9.17, 15) is 4.79 Å². The van der Waals surface area contributed by atoms with Crippen LogP contribution in [0.15, 0.2) is 0 Å². The Balaban J connectivity index is 1.68. The lowest BCUT2D eigenvalue weighted by Gasteiger charge is -2.49. The van der Waals surface area contributed by atoms with Crippen LogP contribution >= 0.6 is 0 Å². The van der Waals surface area contributed by atoms with Gasteiger partial charge in [-0.15, -0.1) is 0 Å². The van der Waals surface area contributed by atoms with Crippen LogP contribution in [-0.2, 0) is 4.79 Å². The van der Waals surface area contributed by atoms with Gasteiger partial charge in [-0.2, -0.15) is 0 Å². The fourth-order valence-corrected chi connectivity index (χ4v) is 3.14. The third-order valence-electron chi connectivity index (χ3n) is 4.07. The third-order valence-corrected chi connectivity index (χ3v) is 4.07. The number of carbonyl (C=O) groups is 1. The van der Waals surface area contributed by atoms with Crippen molar-refractivity contribution in [3.63, 3.8) is 0 Å². The highest BCUT2D eigenvalue weighted by Gasteiger charge is 2.45. The summed E-state index contributed by atoms with van der Waals surface area (Å²) in [6.45, 7) is 3.23. The van der Waals surface area contributed by atoms with E-state index in [1.807, 2.05) is 0 Å². The molecule has 0 aromatic rings. The Morgan fingerprint density at radius 3 is 2.57 bits per heavy atom. The number of carbonyl (C=O) groups excluding carboxylic acids is 1. The Bertz CT molecular complexity index is 242. The van der Waals surface area contributed by atoms with E-state index in [1.165, 1.54) is 12.8 Å². The van der Waals surface area contributed by atoms with Gasteiger partial charge in [0.25, 0.3) is 0 Å². The molecule has 4 rings (SSSR count). The zero-order chi connectivity index (χ0) is 9.54. The number of nitrogens with one attached hydrogen (secondary N) is 1. The van der Waals surface area contributed by atoms with Gasteiger partial charge in [0.2, 0.25) is 5.91 Å². The molecule has 1 N–H and O–H groups in total. The molecule has 3 heteroatoms. The first kappa shape index (κ1) is 8.72. The number of nitrogens with zero attached hydrogens (tertiary/aromatic N) is 1. The summed E-state index contributed by atoms with van der Waals surface area (Å²) in [4.78, 5) is 14.2. The van der Waals surface area contributed by atoms with Crippen molar-refractivity contribution in [2.45, 2.75) is 31.7 Å². The van der Waals surface area contributed by atoms with Gasteiger partial charge in [0.1, 0.15) is 0 Å². The van der Waals surface area contributed by atoms with Gasteiger partial charge >= 0.3 is 0 Å². The SMILES string of the molecule is O=C1C2CC(C2)CN1C1CCNCC1. The molecule has 78 valence electrons. The Hall–Kier alpha value is -0.570. The van der Waals surface area contributed by atoms with Crippen LogP contribution in [0.1, 0.15) is 25.7 Å². The van der Waals surface area contributed by atoms with Crippen molar-refractivity contribution in [3.8, 4) is 0 Å². The van der Waals surface area contributed by atoms with E-state index in [4.69, 9.17) is 0 Å². The lowest BCUT2D eigenvalue weighted by Crippen LogP contribution is -2.58. The van der Waals surface area contributed by atoms with E-state index in [0.29, 0.717) is 17.9 Å². The van der Waals surface area contributed by atoms with Crippen LogP contribution in [0, 0.1) is 11.8 Å². The molecule has 1 amide bonds. The van der Waals surface area contributed by atoms with Crippen LogP contribution in [0.25, 0.3) is 0 Å². The summed E-state index contributed by atoms with van der Waals surface area (Å²) < 4.78 is 0. The molecule has 0 aromatic heterocycles. The first-order valence-electron chi connectivity index (χ1n) is 5.86. The molecule has 0 radical (unpaired) electrons. The van der Waals surface area contributed by atoms with Crippen LogP contribution in [0.2, 0.25) is 0 Å². The normalized spacial score (nSPS) is 38.3. The van der Waals surface area contributed by atoms with Crippen molar-refractivity contribution in [1.82, 2.24) is 10.2 Å². The number of rotatable bonds is 1. The Morgan fingerprint density at radius 2 is 1.93 bits per heavy atom. The zero-order valence-corrected chi connectivity index (χ0v) is 8.54.